The summed E-state index contributed by atoms with van der Waals surface area (Å²) in [6, 6.07) is 5.59. The van der Waals surface area contributed by atoms with E-state index in [9.17, 15) is 9.59 Å². The SMILES string of the molecule is C=CCOC(=O)C1=C(C)NC2=C(C(=O)CC(C)(C)C2)[C@H]1c1ccc(OCCC)c(OC)c1. The maximum Gasteiger partial charge on any atom is 0.337 e. The summed E-state index contributed by atoms with van der Waals surface area (Å²) in [6.45, 7) is 12.4. The van der Waals surface area contributed by atoms with Crippen molar-refractivity contribution in [2.75, 3.05) is 20.3 Å². The van der Waals surface area contributed by atoms with Gasteiger partial charge in [0.1, 0.15) is 6.61 Å². The number of methoxy groups -OCH3 is 1. The van der Waals surface area contributed by atoms with Crippen LogP contribution in [0.25, 0.3) is 0 Å². The maximum atomic E-state index is 13.3. The van der Waals surface area contributed by atoms with E-state index in [1.807, 2.05) is 32.0 Å². The van der Waals surface area contributed by atoms with Crippen LogP contribution in [0.1, 0.15) is 58.4 Å². The highest BCUT2D eigenvalue weighted by Gasteiger charge is 2.43. The Morgan fingerprint density at radius 3 is 2.69 bits per heavy atom. The van der Waals surface area contributed by atoms with E-state index in [2.05, 4.69) is 25.7 Å². The molecule has 0 radical (unpaired) electrons. The normalized spacial score (nSPS) is 19.8. The summed E-state index contributed by atoms with van der Waals surface area (Å²) in [4.78, 5) is 26.4. The molecule has 1 atom stereocenters. The summed E-state index contributed by atoms with van der Waals surface area (Å²) in [5.74, 6) is 0.238. The van der Waals surface area contributed by atoms with E-state index in [0.717, 1.165) is 24.1 Å². The molecule has 1 aliphatic carbocycles. The lowest BCUT2D eigenvalue weighted by Crippen LogP contribution is -2.38. The van der Waals surface area contributed by atoms with Crippen molar-refractivity contribution < 1.29 is 23.8 Å². The summed E-state index contributed by atoms with van der Waals surface area (Å²) in [5, 5.41) is 3.34. The third-order valence-corrected chi connectivity index (χ3v) is 5.77. The van der Waals surface area contributed by atoms with E-state index in [1.165, 1.54) is 6.08 Å². The summed E-state index contributed by atoms with van der Waals surface area (Å²) in [7, 11) is 1.58. The van der Waals surface area contributed by atoms with E-state index in [0.29, 0.717) is 41.4 Å². The van der Waals surface area contributed by atoms with E-state index in [4.69, 9.17) is 14.2 Å². The highest BCUT2D eigenvalue weighted by Crippen LogP contribution is 2.47. The second-order valence-corrected chi connectivity index (χ2v) is 9.08. The van der Waals surface area contributed by atoms with Crippen LogP contribution >= 0.6 is 0 Å². The zero-order valence-corrected chi connectivity index (χ0v) is 19.7. The largest absolute Gasteiger partial charge is 0.493 e. The van der Waals surface area contributed by atoms with Gasteiger partial charge in [-0.1, -0.05) is 39.5 Å². The summed E-state index contributed by atoms with van der Waals surface area (Å²) < 4.78 is 16.8. The first kappa shape index (κ1) is 23.6. The van der Waals surface area contributed by atoms with Crippen molar-refractivity contribution in [1.82, 2.24) is 5.32 Å². The Balaban J connectivity index is 2.14. The zero-order valence-electron chi connectivity index (χ0n) is 19.7. The first-order valence-corrected chi connectivity index (χ1v) is 11.0. The molecule has 1 aromatic rings. The van der Waals surface area contributed by atoms with Gasteiger partial charge in [0.05, 0.1) is 19.3 Å². The standard InChI is InChI=1S/C26H33NO5/c1-7-11-31-20-10-9-17(13-21(20)30-6)23-22(25(29)32-12-8-2)16(3)27-18-14-26(4,5)15-19(28)24(18)23/h8-10,13,23,27H,2,7,11-12,14-15H2,1,3-6H3/t23-/m0/s1. The number of carbonyl (C=O) groups is 2. The summed E-state index contributed by atoms with van der Waals surface area (Å²) >= 11 is 0. The number of dihydropyridines is 1. The van der Waals surface area contributed by atoms with Crippen LogP contribution in [0.15, 0.2) is 53.4 Å². The number of carbonyl (C=O) groups excluding carboxylic acids is 2. The van der Waals surface area contributed by atoms with Crippen LogP contribution in [0, 0.1) is 5.41 Å². The molecule has 1 N–H and O–H groups in total. The number of ether oxygens (including phenoxy) is 3. The van der Waals surface area contributed by atoms with Crippen LogP contribution in [0.3, 0.4) is 0 Å². The number of hydrogen-bond acceptors (Lipinski definition) is 6. The van der Waals surface area contributed by atoms with Crippen LogP contribution in [0.4, 0.5) is 0 Å². The predicted molar refractivity (Wildman–Crippen MR) is 124 cm³/mol. The first-order chi connectivity index (χ1) is 15.2. The Morgan fingerprint density at radius 1 is 1.28 bits per heavy atom. The van der Waals surface area contributed by atoms with Gasteiger partial charge in [-0.3, -0.25) is 4.79 Å². The predicted octanol–water partition coefficient (Wildman–Crippen LogP) is 4.82. The molecule has 0 fully saturated rings. The molecule has 0 aromatic heterocycles. The topological polar surface area (TPSA) is 73.9 Å². The molecular formula is C26H33NO5. The smallest absolute Gasteiger partial charge is 0.337 e. The van der Waals surface area contributed by atoms with Crippen LogP contribution in [0.5, 0.6) is 11.5 Å². The highest BCUT2D eigenvalue weighted by atomic mass is 16.5. The fourth-order valence-corrected chi connectivity index (χ4v) is 4.45. The number of allylic oxidation sites excluding steroid dienone is 3. The summed E-state index contributed by atoms with van der Waals surface area (Å²) in [6.07, 6.45) is 3.56. The fraction of sp³-hybridized carbons (Fsp3) is 0.462. The van der Waals surface area contributed by atoms with Gasteiger partial charge in [0.25, 0.3) is 0 Å². The van der Waals surface area contributed by atoms with Crippen molar-refractivity contribution in [2.24, 2.45) is 5.41 Å². The van der Waals surface area contributed by atoms with E-state index < -0.39 is 11.9 Å². The van der Waals surface area contributed by atoms with E-state index in [1.54, 1.807) is 7.11 Å². The Hall–Kier alpha value is -3.02. The van der Waals surface area contributed by atoms with Gasteiger partial charge in [-0.25, -0.2) is 4.79 Å². The third-order valence-electron chi connectivity index (χ3n) is 5.77. The number of ketones is 1. The monoisotopic (exact) mass is 439 g/mol. The molecule has 32 heavy (non-hydrogen) atoms. The molecule has 0 saturated carbocycles. The molecule has 2 aliphatic rings. The lowest BCUT2D eigenvalue weighted by molar-refractivity contribution is -0.138. The molecule has 1 heterocycles. The molecule has 0 amide bonds. The van der Waals surface area contributed by atoms with Gasteiger partial charge in [-0.05, 0) is 42.9 Å². The number of nitrogens with one attached hydrogen (secondary N) is 1. The maximum absolute atomic E-state index is 13.3. The number of benzene rings is 1. The molecule has 0 spiro atoms. The molecule has 0 bridgehead atoms. The van der Waals surface area contributed by atoms with Crippen LogP contribution < -0.4 is 14.8 Å². The molecule has 3 rings (SSSR count). The van der Waals surface area contributed by atoms with Crippen molar-refractivity contribution in [3.05, 3.63) is 59.0 Å². The highest BCUT2D eigenvalue weighted by molar-refractivity contribution is 6.04. The van der Waals surface area contributed by atoms with Gasteiger partial charge in [-0.15, -0.1) is 0 Å². The molecule has 172 valence electrons. The van der Waals surface area contributed by atoms with Crippen molar-refractivity contribution in [1.29, 1.82) is 0 Å². The Labute approximate surface area is 190 Å². The second kappa shape index (κ2) is 9.63. The van der Waals surface area contributed by atoms with Gasteiger partial charge in [-0.2, -0.15) is 0 Å². The average Bonchev–Trinajstić information content (AvgIpc) is 2.74. The van der Waals surface area contributed by atoms with Crippen molar-refractivity contribution >= 4 is 11.8 Å². The van der Waals surface area contributed by atoms with Crippen LogP contribution in [-0.2, 0) is 14.3 Å². The van der Waals surface area contributed by atoms with Gasteiger partial charge in [0.2, 0.25) is 0 Å². The minimum Gasteiger partial charge on any atom is -0.493 e. The minimum absolute atomic E-state index is 0.0422. The van der Waals surface area contributed by atoms with Gasteiger partial charge in [0.15, 0.2) is 17.3 Å². The molecule has 1 aliphatic heterocycles. The molecule has 6 heteroatoms. The van der Waals surface area contributed by atoms with E-state index in [-0.39, 0.29) is 17.8 Å². The molecule has 6 nitrogen and oxygen atoms in total. The van der Waals surface area contributed by atoms with Gasteiger partial charge in [0, 0.05) is 29.3 Å². The van der Waals surface area contributed by atoms with Gasteiger partial charge < -0.3 is 19.5 Å². The fourth-order valence-electron chi connectivity index (χ4n) is 4.45. The lowest BCUT2D eigenvalue weighted by Gasteiger charge is -2.39. The molecular weight excluding hydrogens is 406 g/mol. The number of Topliss-reactive ketones (excluding diaryl/α,β-unsaturated/α-hetero) is 1. The Kier molecular flexibility index (Phi) is 7.12. The molecule has 0 saturated heterocycles. The zero-order chi connectivity index (χ0) is 23.5. The molecule has 0 unspecified atom stereocenters. The number of rotatable bonds is 8. The summed E-state index contributed by atoms with van der Waals surface area (Å²) in [5.41, 5.74) is 3.27. The lowest BCUT2D eigenvalue weighted by atomic mass is 9.68. The minimum atomic E-state index is -0.540. The number of esters is 1. The van der Waals surface area contributed by atoms with Crippen LogP contribution in [0.2, 0.25) is 0 Å². The quantitative estimate of drug-likeness (QED) is 0.463. The number of hydrogen-bond donors (Lipinski definition) is 1. The van der Waals surface area contributed by atoms with Crippen LogP contribution in [-0.4, -0.2) is 32.1 Å². The van der Waals surface area contributed by atoms with Crippen molar-refractivity contribution in [3.63, 3.8) is 0 Å². The van der Waals surface area contributed by atoms with Gasteiger partial charge >= 0.3 is 5.97 Å². The van der Waals surface area contributed by atoms with Crippen molar-refractivity contribution in [3.8, 4) is 11.5 Å². The Bertz CT molecular complexity index is 986. The second-order valence-electron chi connectivity index (χ2n) is 9.08. The van der Waals surface area contributed by atoms with E-state index >= 15 is 0 Å². The Morgan fingerprint density at radius 2 is 2.03 bits per heavy atom. The third kappa shape index (κ3) is 4.74. The van der Waals surface area contributed by atoms with Crippen molar-refractivity contribution in [2.45, 2.75) is 52.9 Å². The average molecular weight is 440 g/mol. The molecule has 1 aromatic carbocycles. The first-order valence-electron chi connectivity index (χ1n) is 11.0.